The van der Waals surface area contributed by atoms with E-state index in [1.165, 1.54) is 11.8 Å². The minimum Gasteiger partial charge on any atom is -0.394 e. The molecule has 0 saturated carbocycles. The van der Waals surface area contributed by atoms with Gasteiger partial charge in [0.05, 0.1) is 17.9 Å². The van der Waals surface area contributed by atoms with Crippen molar-refractivity contribution in [2.75, 3.05) is 16.6 Å². The van der Waals surface area contributed by atoms with Crippen LogP contribution in [0.25, 0.3) is 0 Å². The number of hydrogen-bond donors (Lipinski definition) is 3. The summed E-state index contributed by atoms with van der Waals surface area (Å²) in [5.41, 5.74) is 1.11. The number of hydrogen-bond acceptors (Lipinski definition) is 8. The van der Waals surface area contributed by atoms with Gasteiger partial charge >= 0.3 is 0 Å². The Balaban J connectivity index is 2.33. The zero-order valence-electron chi connectivity index (χ0n) is 18.0. The number of aliphatic hydroxyl groups excluding tert-OH is 1. The van der Waals surface area contributed by atoms with E-state index in [1.807, 2.05) is 37.3 Å². The number of anilines is 2. The molecule has 10 heteroatoms. The fraction of sp³-hybridized carbons (Fsp3) is 0.550. The Bertz CT molecular complexity index is 908. The van der Waals surface area contributed by atoms with Crippen LogP contribution in [-0.4, -0.2) is 46.4 Å². The molecule has 0 aliphatic carbocycles. The summed E-state index contributed by atoms with van der Waals surface area (Å²) < 4.78 is 27.1. The number of thioether (sulfide) groups is 1. The lowest BCUT2D eigenvalue weighted by molar-refractivity contribution is 0.259. The molecule has 0 bridgehead atoms. The van der Waals surface area contributed by atoms with Crippen molar-refractivity contribution in [1.29, 1.82) is 0 Å². The van der Waals surface area contributed by atoms with Crippen molar-refractivity contribution in [2.24, 2.45) is 5.92 Å². The first-order chi connectivity index (χ1) is 14.1. The minimum absolute atomic E-state index is 0.0369. The molecule has 0 aliphatic rings. The molecule has 3 N–H and O–H groups in total. The van der Waals surface area contributed by atoms with E-state index in [9.17, 15) is 13.5 Å². The number of benzene rings is 1. The lowest BCUT2D eigenvalue weighted by Crippen LogP contribution is -2.28. The maximum atomic E-state index is 12.3. The summed E-state index contributed by atoms with van der Waals surface area (Å²) in [6, 6.07) is 9.68. The van der Waals surface area contributed by atoms with Crippen LogP contribution in [0.4, 0.5) is 11.9 Å². The molecule has 0 aliphatic heterocycles. The van der Waals surface area contributed by atoms with Crippen LogP contribution in [0.2, 0.25) is 0 Å². The fourth-order valence-electron chi connectivity index (χ4n) is 2.65. The molecule has 2 aromatic rings. The van der Waals surface area contributed by atoms with Crippen LogP contribution in [0.1, 0.15) is 51.9 Å². The van der Waals surface area contributed by atoms with E-state index in [0.717, 1.165) is 12.0 Å². The number of nitrogens with zero attached hydrogens (tertiary/aromatic N) is 3. The molecule has 0 radical (unpaired) electrons. The second-order valence-corrected chi connectivity index (χ2v) is 11.3. The third-order valence-electron chi connectivity index (χ3n) is 4.33. The van der Waals surface area contributed by atoms with Gasteiger partial charge in [0, 0.05) is 5.25 Å². The van der Waals surface area contributed by atoms with Gasteiger partial charge in [-0.25, -0.2) is 8.42 Å². The third kappa shape index (κ3) is 7.41. The van der Waals surface area contributed by atoms with E-state index in [2.05, 4.69) is 38.8 Å². The van der Waals surface area contributed by atoms with Gasteiger partial charge in [-0.05, 0) is 38.7 Å². The highest BCUT2D eigenvalue weighted by Crippen LogP contribution is 2.33. The number of aliphatic hydroxyl groups is 1. The molecule has 1 aromatic carbocycles. The van der Waals surface area contributed by atoms with Gasteiger partial charge in [0.2, 0.25) is 21.9 Å². The Kier molecular flexibility index (Phi) is 8.87. The van der Waals surface area contributed by atoms with Crippen LogP contribution in [0.3, 0.4) is 0 Å². The van der Waals surface area contributed by atoms with E-state index in [4.69, 9.17) is 0 Å². The van der Waals surface area contributed by atoms with Crippen molar-refractivity contribution in [3.63, 3.8) is 0 Å². The zero-order valence-corrected chi connectivity index (χ0v) is 19.7. The lowest BCUT2D eigenvalue weighted by Gasteiger charge is -2.19. The topological polar surface area (TPSA) is 117 Å². The highest BCUT2D eigenvalue weighted by molar-refractivity contribution is 7.99. The maximum Gasteiger partial charge on any atom is 0.242 e. The predicted octanol–water partition coefficient (Wildman–Crippen LogP) is 3.69. The lowest BCUT2D eigenvalue weighted by atomic mass is 10.0. The van der Waals surface area contributed by atoms with E-state index in [0.29, 0.717) is 11.1 Å². The molecule has 8 nitrogen and oxygen atoms in total. The molecule has 1 heterocycles. The van der Waals surface area contributed by atoms with Crippen LogP contribution < -0.4 is 10.0 Å². The van der Waals surface area contributed by atoms with Crippen molar-refractivity contribution in [3.8, 4) is 0 Å². The molecule has 0 amide bonds. The Morgan fingerprint density at radius 3 is 2.20 bits per heavy atom. The average Bonchev–Trinajstić information content (AvgIpc) is 2.67. The number of aromatic nitrogens is 3. The van der Waals surface area contributed by atoms with Crippen LogP contribution >= 0.6 is 11.8 Å². The number of rotatable bonds is 11. The van der Waals surface area contributed by atoms with Gasteiger partial charge in [-0.3, -0.25) is 4.72 Å². The van der Waals surface area contributed by atoms with E-state index in [1.54, 1.807) is 13.8 Å². The summed E-state index contributed by atoms with van der Waals surface area (Å²) in [6.45, 7) is 9.23. The first-order valence-electron chi connectivity index (χ1n) is 9.97. The molecular formula is C20H31N5O3S2. The van der Waals surface area contributed by atoms with Crippen LogP contribution in [-0.2, 0) is 10.0 Å². The zero-order chi connectivity index (χ0) is 22.3. The van der Waals surface area contributed by atoms with Gasteiger partial charge in [-0.15, -0.1) is 0 Å². The summed E-state index contributed by atoms with van der Waals surface area (Å²) in [6.07, 6.45) is 0.720. The molecule has 0 saturated heterocycles. The van der Waals surface area contributed by atoms with E-state index in [-0.39, 0.29) is 29.8 Å². The molecule has 30 heavy (non-hydrogen) atoms. The Hall–Kier alpha value is -1.91. The van der Waals surface area contributed by atoms with E-state index < -0.39 is 15.3 Å². The minimum atomic E-state index is -3.61. The largest absolute Gasteiger partial charge is 0.394 e. The quantitative estimate of drug-likeness (QED) is 0.441. The molecule has 0 fully saturated rings. The Morgan fingerprint density at radius 1 is 1.00 bits per heavy atom. The second-order valence-electron chi connectivity index (χ2n) is 7.79. The standard InChI is InChI=1S/C20H31N5O3S2/c1-13(2)11-17(12-26)21-18-22-19(25-30(27,28)14(3)4)24-20(23-18)29-15(5)16-9-7-6-8-10-16/h6-10,13-15,17,26H,11-12H2,1-5H3,(H2,21,22,23,24,25)/t15?,17-/m1/s1. The van der Waals surface area contributed by atoms with Crippen LogP contribution in [0.15, 0.2) is 35.5 Å². The summed E-state index contributed by atoms with van der Waals surface area (Å²) in [5, 5.41) is 12.6. The molecule has 2 atom stereocenters. The molecule has 2 rings (SSSR count). The SMILES string of the molecule is CC(C)C[C@H](CO)Nc1nc(NS(=O)(=O)C(C)C)nc(SC(C)c2ccccc2)n1. The average molecular weight is 454 g/mol. The maximum absolute atomic E-state index is 12.3. The summed E-state index contributed by atoms with van der Waals surface area (Å²) in [7, 11) is -3.61. The normalized spacial score (nSPS) is 14.0. The van der Waals surface area contributed by atoms with Crippen molar-refractivity contribution in [1.82, 2.24) is 15.0 Å². The fourth-order valence-corrected chi connectivity index (χ4v) is 4.11. The van der Waals surface area contributed by atoms with Gasteiger partial charge < -0.3 is 10.4 Å². The van der Waals surface area contributed by atoms with Crippen molar-refractivity contribution >= 4 is 33.7 Å². The Morgan fingerprint density at radius 2 is 1.63 bits per heavy atom. The van der Waals surface area contributed by atoms with E-state index >= 15 is 0 Å². The number of sulfonamides is 1. The first kappa shape index (κ1) is 24.4. The van der Waals surface area contributed by atoms with Gasteiger partial charge in [-0.1, -0.05) is 55.9 Å². The highest BCUT2D eigenvalue weighted by Gasteiger charge is 2.20. The monoisotopic (exact) mass is 453 g/mol. The first-order valence-corrected chi connectivity index (χ1v) is 12.4. The Labute approximate surface area is 183 Å². The van der Waals surface area contributed by atoms with Crippen molar-refractivity contribution < 1.29 is 13.5 Å². The second kappa shape index (κ2) is 10.9. The predicted molar refractivity (Wildman–Crippen MR) is 122 cm³/mol. The van der Waals surface area contributed by atoms with Crippen molar-refractivity contribution in [3.05, 3.63) is 35.9 Å². The van der Waals surface area contributed by atoms with Crippen LogP contribution in [0, 0.1) is 5.92 Å². The van der Waals surface area contributed by atoms with Gasteiger partial charge in [-0.2, -0.15) is 15.0 Å². The molecular weight excluding hydrogens is 422 g/mol. The van der Waals surface area contributed by atoms with Crippen molar-refractivity contribution in [2.45, 2.75) is 62.7 Å². The molecule has 1 aromatic heterocycles. The summed E-state index contributed by atoms with van der Waals surface area (Å²) >= 11 is 1.41. The molecule has 0 spiro atoms. The van der Waals surface area contributed by atoms with Crippen LogP contribution in [0.5, 0.6) is 0 Å². The summed E-state index contributed by atoms with van der Waals surface area (Å²) in [5.74, 6) is 0.557. The van der Waals surface area contributed by atoms with Gasteiger partial charge in [0.25, 0.3) is 0 Å². The number of nitrogens with one attached hydrogen (secondary N) is 2. The molecule has 166 valence electrons. The third-order valence-corrected chi connectivity index (χ3v) is 7.06. The molecule has 1 unspecified atom stereocenters. The van der Waals surface area contributed by atoms with Gasteiger partial charge in [0.1, 0.15) is 0 Å². The van der Waals surface area contributed by atoms with Gasteiger partial charge in [0.15, 0.2) is 5.16 Å². The smallest absolute Gasteiger partial charge is 0.242 e. The summed E-state index contributed by atoms with van der Waals surface area (Å²) in [4.78, 5) is 13.0. The highest BCUT2D eigenvalue weighted by atomic mass is 32.2.